The molecule has 34 heavy (non-hydrogen) atoms. The average molecular weight is 469 g/mol. The van der Waals surface area contributed by atoms with Gasteiger partial charge in [0.05, 0.1) is 17.9 Å². The van der Waals surface area contributed by atoms with Crippen molar-refractivity contribution in [2.24, 2.45) is 4.99 Å². The molecule has 2 aliphatic rings. The molecule has 1 aromatic heterocycles. The summed E-state index contributed by atoms with van der Waals surface area (Å²) in [5.41, 5.74) is 6.03. The van der Waals surface area contributed by atoms with Crippen LogP contribution in [0.1, 0.15) is 29.4 Å². The van der Waals surface area contributed by atoms with Gasteiger partial charge in [-0.1, -0.05) is 42.1 Å². The van der Waals surface area contributed by atoms with Crippen LogP contribution in [-0.4, -0.2) is 33.0 Å². The lowest BCUT2D eigenvalue weighted by molar-refractivity contribution is -0.114. The lowest BCUT2D eigenvalue weighted by atomic mass is 10.1. The number of rotatable bonds is 5. The molecule has 3 aromatic rings. The summed E-state index contributed by atoms with van der Waals surface area (Å²) in [5.74, 6) is 0.579. The maximum atomic E-state index is 12.9. The second kappa shape index (κ2) is 8.83. The van der Waals surface area contributed by atoms with Gasteiger partial charge in [0, 0.05) is 22.5 Å². The summed E-state index contributed by atoms with van der Waals surface area (Å²) in [6.45, 7) is 6.63. The number of aromatic nitrogens is 1. The number of aliphatic imine (C=N–C) groups is 1. The van der Waals surface area contributed by atoms with E-state index in [0.717, 1.165) is 39.6 Å². The summed E-state index contributed by atoms with van der Waals surface area (Å²) in [6, 6.07) is 19.8. The van der Waals surface area contributed by atoms with Gasteiger partial charge in [-0.25, -0.2) is 0 Å². The molecule has 0 fully saturated rings. The molecule has 2 aromatic carbocycles. The minimum atomic E-state index is -0.391. The Labute approximate surface area is 202 Å². The van der Waals surface area contributed by atoms with Crippen molar-refractivity contribution in [1.82, 2.24) is 9.47 Å². The zero-order valence-corrected chi connectivity index (χ0v) is 20.0. The third kappa shape index (κ3) is 3.78. The van der Waals surface area contributed by atoms with Crippen LogP contribution in [-0.2, 0) is 4.79 Å². The molecule has 1 N–H and O–H groups in total. The van der Waals surface area contributed by atoms with Gasteiger partial charge in [-0.3, -0.25) is 15.1 Å². The molecule has 3 heterocycles. The molecule has 1 amide bonds. The summed E-state index contributed by atoms with van der Waals surface area (Å²) in [7, 11) is 0. The van der Waals surface area contributed by atoms with E-state index in [2.05, 4.69) is 9.56 Å². The molecule has 170 valence electrons. The fraction of sp³-hybridized carbons (Fsp3) is 0.148. The quantitative estimate of drug-likeness (QED) is 0.481. The third-order valence-electron chi connectivity index (χ3n) is 5.86. The number of amides is 1. The van der Waals surface area contributed by atoms with Crippen LogP contribution in [0.2, 0.25) is 0 Å². The maximum Gasteiger partial charge on any atom is 0.283 e. The minimum absolute atomic E-state index is 0.140. The van der Waals surface area contributed by atoms with Gasteiger partial charge in [0.2, 0.25) is 0 Å². The molecule has 0 bridgehead atoms. The Bertz CT molecular complexity index is 1380. The van der Waals surface area contributed by atoms with Crippen LogP contribution in [0.25, 0.3) is 17.5 Å². The van der Waals surface area contributed by atoms with Gasteiger partial charge in [-0.2, -0.15) is 4.99 Å². The van der Waals surface area contributed by atoms with Gasteiger partial charge in [0.15, 0.2) is 5.17 Å². The Morgan fingerprint density at radius 3 is 2.53 bits per heavy atom. The van der Waals surface area contributed by atoms with Crippen molar-refractivity contribution in [2.75, 3.05) is 6.61 Å². The number of carbonyl (C=O) groups is 1. The number of hydrogen-bond acceptors (Lipinski definition) is 4. The Hall–Kier alpha value is -3.84. The highest BCUT2D eigenvalue weighted by atomic mass is 32.2. The molecule has 7 heteroatoms. The number of benzene rings is 2. The first-order chi connectivity index (χ1) is 16.5. The first-order valence-electron chi connectivity index (χ1n) is 11.1. The van der Waals surface area contributed by atoms with Crippen molar-refractivity contribution < 1.29 is 9.53 Å². The largest absolute Gasteiger partial charge is 0.494 e. The zero-order valence-electron chi connectivity index (χ0n) is 19.2. The van der Waals surface area contributed by atoms with Crippen LogP contribution >= 0.6 is 11.8 Å². The highest BCUT2D eigenvalue weighted by Gasteiger charge is 2.36. The predicted octanol–water partition coefficient (Wildman–Crippen LogP) is 5.80. The summed E-state index contributed by atoms with van der Waals surface area (Å²) in [5, 5.41) is 11.3. The van der Waals surface area contributed by atoms with Crippen LogP contribution in [0.3, 0.4) is 0 Å². The molecule has 0 saturated heterocycles. The van der Waals surface area contributed by atoms with Gasteiger partial charge in [-0.05, 0) is 68.3 Å². The summed E-state index contributed by atoms with van der Waals surface area (Å²) >= 11 is 1.37. The fourth-order valence-electron chi connectivity index (χ4n) is 4.26. The average Bonchev–Trinajstić information content (AvgIpc) is 3.38. The number of thioether (sulfide) groups is 1. The van der Waals surface area contributed by atoms with Crippen LogP contribution in [0.5, 0.6) is 5.75 Å². The summed E-state index contributed by atoms with van der Waals surface area (Å²) < 4.78 is 7.69. The molecule has 0 saturated carbocycles. The Morgan fingerprint density at radius 2 is 1.82 bits per heavy atom. The van der Waals surface area contributed by atoms with E-state index in [9.17, 15) is 4.79 Å². The molecule has 6 nitrogen and oxygen atoms in total. The molecule has 0 spiro atoms. The molecule has 2 aliphatic heterocycles. The number of nitrogens with zero attached hydrogens (tertiary/aromatic N) is 3. The van der Waals surface area contributed by atoms with Gasteiger partial charge < -0.3 is 9.30 Å². The standard InChI is InChI=1S/C27H24N4O2S/c1-4-33-22-12-10-21(11-13-22)30-17(2)14-20(18(30)3)15-23-25(28)31-24(19-8-6-5-7-9-19)16-34-27(31)29-26(23)32/h5-16,28H,4H2,1-3H3. The van der Waals surface area contributed by atoms with E-state index in [1.807, 2.05) is 86.8 Å². The number of ether oxygens (including phenoxy) is 1. The fourth-order valence-corrected chi connectivity index (χ4v) is 5.15. The predicted molar refractivity (Wildman–Crippen MR) is 138 cm³/mol. The molecule has 5 rings (SSSR count). The molecule has 0 atom stereocenters. The molecular formula is C27H24N4O2S. The van der Waals surface area contributed by atoms with E-state index in [1.165, 1.54) is 11.8 Å². The maximum absolute atomic E-state index is 12.9. The van der Waals surface area contributed by atoms with E-state index in [-0.39, 0.29) is 11.4 Å². The minimum Gasteiger partial charge on any atom is -0.494 e. The molecular weight excluding hydrogens is 444 g/mol. The first-order valence-corrected chi connectivity index (χ1v) is 11.9. The van der Waals surface area contributed by atoms with Gasteiger partial charge in [0.1, 0.15) is 11.6 Å². The summed E-state index contributed by atoms with van der Waals surface area (Å²) in [4.78, 5) is 18.9. The topological polar surface area (TPSA) is 70.7 Å². The number of fused-ring (bicyclic) bond motifs is 1. The van der Waals surface area contributed by atoms with Crippen molar-refractivity contribution in [3.8, 4) is 11.4 Å². The smallest absolute Gasteiger partial charge is 0.283 e. The van der Waals surface area contributed by atoms with Crippen molar-refractivity contribution >= 4 is 40.4 Å². The van der Waals surface area contributed by atoms with Crippen molar-refractivity contribution in [3.63, 3.8) is 0 Å². The van der Waals surface area contributed by atoms with E-state index in [1.54, 1.807) is 11.0 Å². The third-order valence-corrected chi connectivity index (χ3v) is 6.69. The van der Waals surface area contributed by atoms with E-state index >= 15 is 0 Å². The number of amidine groups is 2. The van der Waals surface area contributed by atoms with E-state index in [0.29, 0.717) is 11.8 Å². The van der Waals surface area contributed by atoms with Crippen LogP contribution in [0, 0.1) is 19.3 Å². The number of carbonyl (C=O) groups excluding carboxylic acids is 1. The normalized spacial score (nSPS) is 16.6. The molecule has 0 aliphatic carbocycles. The first kappa shape index (κ1) is 22.0. The van der Waals surface area contributed by atoms with Gasteiger partial charge >= 0.3 is 0 Å². The zero-order chi connectivity index (χ0) is 23.8. The lowest BCUT2D eigenvalue weighted by Gasteiger charge is -2.26. The van der Waals surface area contributed by atoms with Crippen LogP contribution in [0.4, 0.5) is 0 Å². The second-order valence-electron chi connectivity index (χ2n) is 8.02. The van der Waals surface area contributed by atoms with Crippen molar-refractivity contribution in [1.29, 1.82) is 5.41 Å². The Morgan fingerprint density at radius 1 is 1.09 bits per heavy atom. The lowest BCUT2D eigenvalue weighted by Crippen LogP contribution is -2.38. The highest BCUT2D eigenvalue weighted by Crippen LogP contribution is 2.37. The summed E-state index contributed by atoms with van der Waals surface area (Å²) in [6.07, 6.45) is 1.78. The van der Waals surface area contributed by atoms with Crippen molar-refractivity contribution in [3.05, 3.63) is 94.2 Å². The highest BCUT2D eigenvalue weighted by molar-refractivity contribution is 8.17. The number of aryl methyl sites for hydroxylation is 1. The molecule has 0 radical (unpaired) electrons. The van der Waals surface area contributed by atoms with Crippen molar-refractivity contribution in [2.45, 2.75) is 20.8 Å². The monoisotopic (exact) mass is 468 g/mol. The SMILES string of the molecule is CCOc1ccc(-n2c(C)cc(C=C3C(=N)N4C(c5ccccc5)=CSC4=NC3=O)c2C)cc1. The number of hydrogen-bond donors (Lipinski definition) is 1. The van der Waals surface area contributed by atoms with E-state index in [4.69, 9.17) is 10.1 Å². The number of nitrogens with one attached hydrogen (secondary N) is 1. The second-order valence-corrected chi connectivity index (χ2v) is 8.85. The van der Waals surface area contributed by atoms with E-state index < -0.39 is 5.91 Å². The van der Waals surface area contributed by atoms with Gasteiger partial charge in [-0.15, -0.1) is 0 Å². The molecule has 0 unspecified atom stereocenters. The van der Waals surface area contributed by atoms with Crippen LogP contribution in [0.15, 0.2) is 76.6 Å². The van der Waals surface area contributed by atoms with Crippen LogP contribution < -0.4 is 4.74 Å². The van der Waals surface area contributed by atoms with Gasteiger partial charge in [0.25, 0.3) is 5.91 Å². The Kier molecular flexibility index (Phi) is 5.71. The Balaban J connectivity index is 1.50.